The highest BCUT2D eigenvalue weighted by molar-refractivity contribution is 5.80. The van der Waals surface area contributed by atoms with E-state index in [1.807, 2.05) is 0 Å². The Morgan fingerprint density at radius 2 is 2.12 bits per heavy atom. The van der Waals surface area contributed by atoms with E-state index < -0.39 is 0 Å². The molecule has 0 bridgehead atoms. The lowest BCUT2D eigenvalue weighted by Gasteiger charge is -2.16. The Balaban J connectivity index is 2.32. The highest BCUT2D eigenvalue weighted by Gasteiger charge is 2.36. The first-order valence-electron chi connectivity index (χ1n) is 6.78. The van der Waals surface area contributed by atoms with Crippen LogP contribution in [0.5, 0.6) is 0 Å². The van der Waals surface area contributed by atoms with Gasteiger partial charge >= 0.3 is 0 Å². The Morgan fingerprint density at radius 1 is 1.38 bits per heavy atom. The second-order valence-corrected chi connectivity index (χ2v) is 4.81. The molecule has 3 nitrogen and oxygen atoms in total. The van der Waals surface area contributed by atoms with Crippen LogP contribution in [0.2, 0.25) is 0 Å². The van der Waals surface area contributed by atoms with Gasteiger partial charge in [-0.05, 0) is 39.0 Å². The van der Waals surface area contributed by atoms with Crippen molar-refractivity contribution in [3.8, 4) is 0 Å². The van der Waals surface area contributed by atoms with Crippen LogP contribution in [0.3, 0.4) is 0 Å². The molecule has 0 spiro atoms. The Morgan fingerprint density at radius 3 is 2.69 bits per heavy atom. The third kappa shape index (κ3) is 4.42. The highest BCUT2D eigenvalue weighted by atomic mass is 15.2. The molecule has 2 N–H and O–H groups in total. The second-order valence-electron chi connectivity index (χ2n) is 4.81. The van der Waals surface area contributed by atoms with Crippen molar-refractivity contribution < 1.29 is 0 Å². The maximum absolute atomic E-state index is 4.48. The number of hydrogen-bond donors (Lipinski definition) is 2. The largest absolute Gasteiger partial charge is 0.354 e. The van der Waals surface area contributed by atoms with Crippen molar-refractivity contribution in [2.45, 2.75) is 65.5 Å². The van der Waals surface area contributed by atoms with E-state index in [-0.39, 0.29) is 0 Å². The molecule has 1 rings (SSSR count). The molecule has 1 aliphatic rings. The minimum Gasteiger partial charge on any atom is -0.354 e. The van der Waals surface area contributed by atoms with Crippen molar-refractivity contribution in [1.82, 2.24) is 10.6 Å². The summed E-state index contributed by atoms with van der Waals surface area (Å²) in [7, 11) is 0. The van der Waals surface area contributed by atoms with Gasteiger partial charge in [-0.1, -0.05) is 20.3 Å². The maximum atomic E-state index is 4.48. The van der Waals surface area contributed by atoms with Crippen molar-refractivity contribution in [3.63, 3.8) is 0 Å². The molecule has 0 aromatic rings. The second kappa shape index (κ2) is 6.77. The third-order valence-corrected chi connectivity index (χ3v) is 3.22. The van der Waals surface area contributed by atoms with Crippen molar-refractivity contribution in [3.05, 3.63) is 0 Å². The minimum absolute atomic E-state index is 0.501. The van der Waals surface area contributed by atoms with E-state index in [1.165, 1.54) is 19.3 Å². The molecule has 16 heavy (non-hydrogen) atoms. The molecule has 1 aliphatic carbocycles. The van der Waals surface area contributed by atoms with Crippen LogP contribution in [0.25, 0.3) is 0 Å². The number of guanidine groups is 1. The summed E-state index contributed by atoms with van der Waals surface area (Å²) in [5, 5.41) is 6.97. The molecule has 1 saturated carbocycles. The fraction of sp³-hybridized carbons (Fsp3) is 0.923. The van der Waals surface area contributed by atoms with Crippen LogP contribution in [0.15, 0.2) is 4.99 Å². The zero-order chi connectivity index (χ0) is 12.0. The normalized spacial score (nSPS) is 26.4. The SMILES string of the molecule is CCCC1CC1NC(=NCC)NC(C)CC. The van der Waals surface area contributed by atoms with Crippen LogP contribution in [-0.4, -0.2) is 24.6 Å². The van der Waals surface area contributed by atoms with Gasteiger partial charge in [0, 0.05) is 18.6 Å². The molecule has 3 atom stereocenters. The molecular formula is C13H27N3. The Bertz CT molecular complexity index is 225. The summed E-state index contributed by atoms with van der Waals surface area (Å²) in [4.78, 5) is 4.48. The molecule has 0 amide bonds. The van der Waals surface area contributed by atoms with Gasteiger partial charge in [-0.3, -0.25) is 4.99 Å². The topological polar surface area (TPSA) is 36.4 Å². The van der Waals surface area contributed by atoms with Gasteiger partial charge in [-0.2, -0.15) is 0 Å². The third-order valence-electron chi connectivity index (χ3n) is 3.22. The number of nitrogens with one attached hydrogen (secondary N) is 2. The molecule has 0 saturated heterocycles. The van der Waals surface area contributed by atoms with Gasteiger partial charge < -0.3 is 10.6 Å². The summed E-state index contributed by atoms with van der Waals surface area (Å²) in [6.07, 6.45) is 5.09. The summed E-state index contributed by atoms with van der Waals surface area (Å²) < 4.78 is 0. The lowest BCUT2D eigenvalue weighted by atomic mass is 10.2. The van der Waals surface area contributed by atoms with Gasteiger partial charge in [0.15, 0.2) is 5.96 Å². The van der Waals surface area contributed by atoms with Crippen molar-refractivity contribution in [2.75, 3.05) is 6.54 Å². The van der Waals surface area contributed by atoms with E-state index in [9.17, 15) is 0 Å². The van der Waals surface area contributed by atoms with Crippen LogP contribution in [0.4, 0.5) is 0 Å². The van der Waals surface area contributed by atoms with Gasteiger partial charge in [0.2, 0.25) is 0 Å². The zero-order valence-electron chi connectivity index (χ0n) is 11.2. The summed E-state index contributed by atoms with van der Waals surface area (Å²) in [5.41, 5.74) is 0. The molecular weight excluding hydrogens is 198 g/mol. The molecule has 3 heteroatoms. The average Bonchev–Trinajstić information content (AvgIpc) is 2.97. The molecule has 1 fully saturated rings. The Hall–Kier alpha value is -0.730. The highest BCUT2D eigenvalue weighted by Crippen LogP contribution is 2.34. The smallest absolute Gasteiger partial charge is 0.191 e. The van der Waals surface area contributed by atoms with Crippen LogP contribution in [-0.2, 0) is 0 Å². The quantitative estimate of drug-likeness (QED) is 0.538. The van der Waals surface area contributed by atoms with Gasteiger partial charge in [0.05, 0.1) is 0 Å². The van der Waals surface area contributed by atoms with Gasteiger partial charge in [0.1, 0.15) is 0 Å². The minimum atomic E-state index is 0.501. The van der Waals surface area contributed by atoms with E-state index in [0.717, 1.165) is 24.8 Å². The van der Waals surface area contributed by atoms with Crippen LogP contribution >= 0.6 is 0 Å². The Kier molecular flexibility index (Phi) is 5.64. The standard InChI is InChI=1S/C13H27N3/c1-5-8-11-9-12(11)16-13(14-7-3)15-10(4)6-2/h10-12H,5-9H2,1-4H3,(H2,14,15,16). The van der Waals surface area contributed by atoms with Crippen molar-refractivity contribution in [1.29, 1.82) is 0 Å². The van der Waals surface area contributed by atoms with Crippen molar-refractivity contribution in [2.24, 2.45) is 10.9 Å². The first-order valence-corrected chi connectivity index (χ1v) is 6.78. The first kappa shape index (κ1) is 13.3. The van der Waals surface area contributed by atoms with E-state index >= 15 is 0 Å². The lowest BCUT2D eigenvalue weighted by Crippen LogP contribution is -2.43. The number of rotatable bonds is 6. The molecule has 0 radical (unpaired) electrons. The number of aliphatic imine (C=N–C) groups is 1. The van der Waals surface area contributed by atoms with Crippen molar-refractivity contribution >= 4 is 5.96 Å². The fourth-order valence-electron chi connectivity index (χ4n) is 1.92. The monoisotopic (exact) mass is 225 g/mol. The molecule has 0 aromatic heterocycles. The van der Waals surface area contributed by atoms with Gasteiger partial charge in [-0.15, -0.1) is 0 Å². The molecule has 0 heterocycles. The number of hydrogen-bond acceptors (Lipinski definition) is 1. The average molecular weight is 225 g/mol. The molecule has 3 unspecified atom stereocenters. The zero-order valence-corrected chi connectivity index (χ0v) is 11.2. The Labute approximate surface area is 100 Å². The molecule has 0 aromatic carbocycles. The van der Waals surface area contributed by atoms with Gasteiger partial charge in [0.25, 0.3) is 0 Å². The van der Waals surface area contributed by atoms with Crippen LogP contribution in [0.1, 0.15) is 53.4 Å². The van der Waals surface area contributed by atoms with Crippen LogP contribution < -0.4 is 10.6 Å². The number of nitrogens with zero attached hydrogens (tertiary/aromatic N) is 1. The van der Waals surface area contributed by atoms with E-state index in [0.29, 0.717) is 12.1 Å². The van der Waals surface area contributed by atoms with E-state index in [4.69, 9.17) is 0 Å². The lowest BCUT2D eigenvalue weighted by molar-refractivity contribution is 0.608. The predicted octanol–water partition coefficient (Wildman–Crippen LogP) is 2.53. The molecule has 94 valence electrons. The van der Waals surface area contributed by atoms with Gasteiger partial charge in [-0.25, -0.2) is 0 Å². The summed E-state index contributed by atoms with van der Waals surface area (Å²) in [6.45, 7) is 9.57. The summed E-state index contributed by atoms with van der Waals surface area (Å²) >= 11 is 0. The first-order chi connectivity index (χ1) is 7.71. The molecule has 0 aliphatic heterocycles. The van der Waals surface area contributed by atoms with E-state index in [2.05, 4.69) is 43.3 Å². The maximum Gasteiger partial charge on any atom is 0.191 e. The predicted molar refractivity (Wildman–Crippen MR) is 70.8 cm³/mol. The summed E-state index contributed by atoms with van der Waals surface area (Å²) in [5.74, 6) is 1.88. The van der Waals surface area contributed by atoms with E-state index in [1.54, 1.807) is 0 Å². The summed E-state index contributed by atoms with van der Waals surface area (Å²) in [6, 6.07) is 1.17. The fourth-order valence-corrected chi connectivity index (χ4v) is 1.92. The van der Waals surface area contributed by atoms with Crippen LogP contribution in [0, 0.1) is 5.92 Å².